The zero-order chi connectivity index (χ0) is 14.3. The molecular weight excluding hydrogens is 240 g/mol. The highest BCUT2D eigenvalue weighted by atomic mass is 16.5. The number of hydrogen-bond acceptors (Lipinski definition) is 3. The van der Waals surface area contributed by atoms with Crippen LogP contribution in [0, 0.1) is 5.92 Å². The number of carbonyl (C=O) groups is 1. The highest BCUT2D eigenvalue weighted by Gasteiger charge is 2.02. The Morgan fingerprint density at radius 1 is 0.947 bits per heavy atom. The van der Waals surface area contributed by atoms with Crippen LogP contribution in [-0.2, 0) is 9.53 Å². The Labute approximate surface area is 118 Å². The molecule has 0 rings (SSSR count). The molecule has 3 nitrogen and oxygen atoms in total. The molecule has 0 atom stereocenters. The smallest absolute Gasteiger partial charge is 0.305 e. The summed E-state index contributed by atoms with van der Waals surface area (Å²) in [6, 6.07) is 0. The lowest BCUT2D eigenvalue weighted by Gasteiger charge is -2.05. The largest absolute Gasteiger partial charge is 0.466 e. The first-order chi connectivity index (χ1) is 9.16. The number of unbranched alkanes of at least 4 members (excludes halogenated alkanes) is 6. The number of carbonyl (C=O) groups excluding carboxylic acids is 1. The lowest BCUT2D eigenvalue weighted by atomic mass is 10.0. The van der Waals surface area contributed by atoms with E-state index in [4.69, 9.17) is 9.84 Å². The van der Waals surface area contributed by atoms with Crippen molar-refractivity contribution in [3.05, 3.63) is 0 Å². The Hall–Kier alpha value is -0.570. The Balaban J connectivity index is 3.17. The van der Waals surface area contributed by atoms with E-state index in [1.54, 1.807) is 0 Å². The molecule has 0 aliphatic carbocycles. The molecule has 0 saturated heterocycles. The molecule has 0 aliphatic rings. The van der Waals surface area contributed by atoms with Gasteiger partial charge in [0.15, 0.2) is 0 Å². The van der Waals surface area contributed by atoms with Crippen molar-refractivity contribution >= 4 is 5.97 Å². The standard InChI is InChI=1S/C16H32O3/c1-15(2)11-7-3-4-8-12-16(18)19-14-10-6-5-9-13-17/h15,17H,3-14H2,1-2H3. The fourth-order valence-corrected chi connectivity index (χ4v) is 2.00. The molecule has 0 amide bonds. The van der Waals surface area contributed by atoms with Crippen LogP contribution in [0.15, 0.2) is 0 Å². The second kappa shape index (κ2) is 13.9. The van der Waals surface area contributed by atoms with Gasteiger partial charge in [0.2, 0.25) is 0 Å². The molecular formula is C16H32O3. The number of esters is 1. The van der Waals surface area contributed by atoms with Gasteiger partial charge in [0.05, 0.1) is 6.61 Å². The van der Waals surface area contributed by atoms with Crippen molar-refractivity contribution in [2.75, 3.05) is 13.2 Å². The molecule has 0 saturated carbocycles. The van der Waals surface area contributed by atoms with Gasteiger partial charge in [-0.05, 0) is 31.6 Å². The van der Waals surface area contributed by atoms with Gasteiger partial charge in [0.25, 0.3) is 0 Å². The molecule has 0 bridgehead atoms. The van der Waals surface area contributed by atoms with Gasteiger partial charge in [-0.25, -0.2) is 0 Å². The van der Waals surface area contributed by atoms with Gasteiger partial charge in [-0.2, -0.15) is 0 Å². The monoisotopic (exact) mass is 272 g/mol. The lowest BCUT2D eigenvalue weighted by Crippen LogP contribution is -2.05. The normalized spacial score (nSPS) is 10.9. The number of aliphatic hydroxyl groups is 1. The van der Waals surface area contributed by atoms with E-state index in [1.165, 1.54) is 19.3 Å². The predicted octanol–water partition coefficient (Wildman–Crippen LogP) is 4.08. The number of ether oxygens (including phenoxy) is 1. The van der Waals surface area contributed by atoms with Gasteiger partial charge in [-0.15, -0.1) is 0 Å². The number of aliphatic hydroxyl groups excluding tert-OH is 1. The summed E-state index contributed by atoms with van der Waals surface area (Å²) in [6.07, 6.45) is 10.3. The molecule has 1 N–H and O–H groups in total. The average molecular weight is 272 g/mol. The summed E-state index contributed by atoms with van der Waals surface area (Å²) < 4.78 is 5.17. The minimum atomic E-state index is -0.0500. The Morgan fingerprint density at radius 3 is 2.26 bits per heavy atom. The second-order valence-electron chi connectivity index (χ2n) is 5.71. The van der Waals surface area contributed by atoms with Crippen LogP contribution in [0.3, 0.4) is 0 Å². The van der Waals surface area contributed by atoms with Gasteiger partial charge in [0, 0.05) is 13.0 Å². The minimum absolute atomic E-state index is 0.0500. The van der Waals surface area contributed by atoms with Crippen LogP contribution in [0.4, 0.5) is 0 Å². The summed E-state index contributed by atoms with van der Waals surface area (Å²) in [6.45, 7) is 5.30. The molecule has 0 unspecified atom stereocenters. The van der Waals surface area contributed by atoms with Crippen LogP contribution >= 0.6 is 0 Å². The maximum absolute atomic E-state index is 11.4. The van der Waals surface area contributed by atoms with Gasteiger partial charge >= 0.3 is 5.97 Å². The van der Waals surface area contributed by atoms with Crippen molar-refractivity contribution < 1.29 is 14.6 Å². The van der Waals surface area contributed by atoms with Crippen LogP contribution in [0.5, 0.6) is 0 Å². The molecule has 0 aromatic heterocycles. The molecule has 0 aliphatic heterocycles. The van der Waals surface area contributed by atoms with E-state index in [-0.39, 0.29) is 12.6 Å². The lowest BCUT2D eigenvalue weighted by molar-refractivity contribution is -0.143. The van der Waals surface area contributed by atoms with E-state index < -0.39 is 0 Å². The third-order valence-corrected chi connectivity index (χ3v) is 3.23. The summed E-state index contributed by atoms with van der Waals surface area (Å²) in [5, 5.41) is 8.61. The molecule has 0 aromatic rings. The fourth-order valence-electron chi connectivity index (χ4n) is 2.00. The van der Waals surface area contributed by atoms with E-state index in [0.717, 1.165) is 44.4 Å². The molecule has 3 heteroatoms. The van der Waals surface area contributed by atoms with Crippen LogP contribution < -0.4 is 0 Å². The maximum atomic E-state index is 11.4. The molecule has 19 heavy (non-hydrogen) atoms. The van der Waals surface area contributed by atoms with Crippen LogP contribution in [0.2, 0.25) is 0 Å². The number of hydrogen-bond donors (Lipinski definition) is 1. The quantitative estimate of drug-likeness (QED) is 0.406. The van der Waals surface area contributed by atoms with Gasteiger partial charge in [-0.1, -0.05) is 46.0 Å². The average Bonchev–Trinajstić information content (AvgIpc) is 2.37. The summed E-state index contributed by atoms with van der Waals surface area (Å²) >= 11 is 0. The fraction of sp³-hybridized carbons (Fsp3) is 0.938. The Bertz CT molecular complexity index is 202. The highest BCUT2D eigenvalue weighted by molar-refractivity contribution is 5.69. The van der Waals surface area contributed by atoms with E-state index in [9.17, 15) is 4.79 Å². The van der Waals surface area contributed by atoms with Gasteiger partial charge < -0.3 is 9.84 Å². The van der Waals surface area contributed by atoms with Gasteiger partial charge in [-0.3, -0.25) is 4.79 Å². The molecule has 114 valence electrons. The summed E-state index contributed by atoms with van der Waals surface area (Å²) in [5.41, 5.74) is 0. The summed E-state index contributed by atoms with van der Waals surface area (Å²) in [5.74, 6) is 0.738. The molecule has 0 fully saturated rings. The second-order valence-corrected chi connectivity index (χ2v) is 5.71. The zero-order valence-electron chi connectivity index (χ0n) is 12.8. The van der Waals surface area contributed by atoms with Crippen molar-refractivity contribution in [3.63, 3.8) is 0 Å². The van der Waals surface area contributed by atoms with E-state index in [2.05, 4.69) is 13.8 Å². The number of rotatable bonds is 13. The van der Waals surface area contributed by atoms with Crippen LogP contribution in [0.25, 0.3) is 0 Å². The first-order valence-electron chi connectivity index (χ1n) is 7.93. The summed E-state index contributed by atoms with van der Waals surface area (Å²) in [4.78, 5) is 11.4. The molecule has 0 heterocycles. The highest BCUT2D eigenvalue weighted by Crippen LogP contribution is 2.11. The van der Waals surface area contributed by atoms with Crippen molar-refractivity contribution in [1.29, 1.82) is 0 Å². The Morgan fingerprint density at radius 2 is 1.58 bits per heavy atom. The van der Waals surface area contributed by atoms with Crippen LogP contribution in [0.1, 0.15) is 78.1 Å². The van der Waals surface area contributed by atoms with Crippen molar-refractivity contribution in [3.8, 4) is 0 Å². The van der Waals surface area contributed by atoms with E-state index >= 15 is 0 Å². The molecule has 0 radical (unpaired) electrons. The third kappa shape index (κ3) is 15.4. The SMILES string of the molecule is CC(C)CCCCCCC(=O)OCCCCCCO. The minimum Gasteiger partial charge on any atom is -0.466 e. The first kappa shape index (κ1) is 18.4. The zero-order valence-corrected chi connectivity index (χ0v) is 12.8. The van der Waals surface area contributed by atoms with E-state index in [0.29, 0.717) is 13.0 Å². The van der Waals surface area contributed by atoms with Gasteiger partial charge in [0.1, 0.15) is 0 Å². The molecule has 0 spiro atoms. The van der Waals surface area contributed by atoms with Crippen molar-refractivity contribution in [2.45, 2.75) is 78.1 Å². The predicted molar refractivity (Wildman–Crippen MR) is 79.1 cm³/mol. The van der Waals surface area contributed by atoms with Crippen molar-refractivity contribution in [2.24, 2.45) is 5.92 Å². The van der Waals surface area contributed by atoms with E-state index in [1.807, 2.05) is 0 Å². The van der Waals surface area contributed by atoms with Crippen molar-refractivity contribution in [1.82, 2.24) is 0 Å². The maximum Gasteiger partial charge on any atom is 0.305 e. The Kier molecular flexibility index (Phi) is 13.4. The topological polar surface area (TPSA) is 46.5 Å². The third-order valence-electron chi connectivity index (χ3n) is 3.23. The summed E-state index contributed by atoms with van der Waals surface area (Å²) in [7, 11) is 0. The first-order valence-corrected chi connectivity index (χ1v) is 7.93. The molecule has 0 aromatic carbocycles. The van der Waals surface area contributed by atoms with Crippen LogP contribution in [-0.4, -0.2) is 24.3 Å².